The number of amides is 2. The summed E-state index contributed by atoms with van der Waals surface area (Å²) in [5, 5.41) is 6.94. The molecule has 0 bridgehead atoms. The largest absolute Gasteiger partial charge is 0.379 e. The standard InChI is InChI=1S/C20H18Cl2N2O3/c1-27-16-9-17(25)23-10-13(11-5-7-12(21)8-6-11)20(16)18-14(22)3-2-4-15(18)24-19(20)26/h2-8,13,16H,9-10H2,1H3,(H,23,25)(H,24,26)/t13-,16-,20-/m0/s1. The predicted octanol–water partition coefficient (Wildman–Crippen LogP) is 3.50. The number of anilines is 1. The number of nitrogens with one attached hydrogen (secondary N) is 2. The van der Waals surface area contributed by atoms with Crippen molar-refractivity contribution < 1.29 is 14.3 Å². The zero-order chi connectivity index (χ0) is 19.2. The van der Waals surface area contributed by atoms with Gasteiger partial charge in [-0.15, -0.1) is 0 Å². The average Bonchev–Trinajstić information content (AvgIpc) is 2.85. The molecule has 1 fully saturated rings. The number of ether oxygens (including phenoxy) is 1. The van der Waals surface area contributed by atoms with Gasteiger partial charge in [0.15, 0.2) is 0 Å². The summed E-state index contributed by atoms with van der Waals surface area (Å²) < 4.78 is 5.73. The Morgan fingerprint density at radius 1 is 1.11 bits per heavy atom. The maximum absolute atomic E-state index is 13.4. The molecule has 27 heavy (non-hydrogen) atoms. The summed E-state index contributed by atoms with van der Waals surface area (Å²) in [5.74, 6) is -0.743. The number of benzene rings is 2. The Hall–Kier alpha value is -2.08. The summed E-state index contributed by atoms with van der Waals surface area (Å²) >= 11 is 12.6. The van der Waals surface area contributed by atoms with Crippen molar-refractivity contribution in [2.45, 2.75) is 23.9 Å². The van der Waals surface area contributed by atoms with E-state index in [1.807, 2.05) is 18.2 Å². The molecule has 0 aliphatic carbocycles. The van der Waals surface area contributed by atoms with E-state index in [-0.39, 0.29) is 24.2 Å². The Morgan fingerprint density at radius 2 is 1.85 bits per heavy atom. The molecule has 4 rings (SSSR count). The predicted molar refractivity (Wildman–Crippen MR) is 104 cm³/mol. The zero-order valence-corrected chi connectivity index (χ0v) is 16.1. The second-order valence-electron chi connectivity index (χ2n) is 6.82. The van der Waals surface area contributed by atoms with Gasteiger partial charge in [0.25, 0.3) is 0 Å². The topological polar surface area (TPSA) is 67.4 Å². The molecule has 1 spiro atoms. The van der Waals surface area contributed by atoms with E-state index in [4.69, 9.17) is 27.9 Å². The van der Waals surface area contributed by atoms with Crippen LogP contribution in [0.5, 0.6) is 0 Å². The van der Waals surface area contributed by atoms with E-state index in [1.165, 1.54) is 7.11 Å². The van der Waals surface area contributed by atoms with Gasteiger partial charge in [0.05, 0.1) is 12.5 Å². The molecule has 2 N–H and O–H groups in total. The first kappa shape index (κ1) is 18.3. The van der Waals surface area contributed by atoms with Crippen LogP contribution < -0.4 is 10.6 Å². The Morgan fingerprint density at radius 3 is 2.56 bits per heavy atom. The van der Waals surface area contributed by atoms with Crippen LogP contribution in [0.1, 0.15) is 23.5 Å². The molecule has 5 nitrogen and oxygen atoms in total. The molecule has 1 saturated heterocycles. The van der Waals surface area contributed by atoms with Crippen molar-refractivity contribution in [3.05, 3.63) is 63.6 Å². The molecule has 2 amide bonds. The van der Waals surface area contributed by atoms with Crippen molar-refractivity contribution in [1.82, 2.24) is 5.32 Å². The van der Waals surface area contributed by atoms with E-state index in [0.29, 0.717) is 27.8 Å². The van der Waals surface area contributed by atoms with Crippen molar-refractivity contribution in [3.63, 3.8) is 0 Å². The Kier molecular flexibility index (Phi) is 4.62. The Labute approximate surface area is 167 Å². The Balaban J connectivity index is 2.01. The third-order valence-electron chi connectivity index (χ3n) is 5.54. The van der Waals surface area contributed by atoms with E-state index in [1.54, 1.807) is 24.3 Å². The maximum Gasteiger partial charge on any atom is 0.238 e. The molecule has 0 saturated carbocycles. The smallest absolute Gasteiger partial charge is 0.238 e. The number of rotatable bonds is 2. The first-order valence-corrected chi connectivity index (χ1v) is 9.39. The fourth-order valence-corrected chi connectivity index (χ4v) is 4.83. The summed E-state index contributed by atoms with van der Waals surface area (Å²) in [6.07, 6.45) is -0.597. The normalized spacial score (nSPS) is 27.1. The van der Waals surface area contributed by atoms with Crippen LogP contribution >= 0.6 is 23.2 Å². The molecule has 0 radical (unpaired) electrons. The molecular formula is C20H18Cl2N2O3. The van der Waals surface area contributed by atoms with Crippen LogP contribution in [0, 0.1) is 0 Å². The molecule has 3 atom stereocenters. The number of hydrogen-bond donors (Lipinski definition) is 2. The highest BCUT2D eigenvalue weighted by atomic mass is 35.5. The lowest BCUT2D eigenvalue weighted by Crippen LogP contribution is -2.51. The number of methoxy groups -OCH3 is 1. The summed E-state index contributed by atoms with van der Waals surface area (Å²) in [7, 11) is 1.52. The molecular weight excluding hydrogens is 387 g/mol. The lowest BCUT2D eigenvalue weighted by atomic mass is 9.64. The van der Waals surface area contributed by atoms with Gasteiger partial charge in [-0.2, -0.15) is 0 Å². The van der Waals surface area contributed by atoms with Crippen molar-refractivity contribution in [3.8, 4) is 0 Å². The van der Waals surface area contributed by atoms with Crippen molar-refractivity contribution >= 4 is 40.7 Å². The molecule has 2 heterocycles. The third-order valence-corrected chi connectivity index (χ3v) is 6.11. The molecule has 7 heteroatoms. The highest BCUT2D eigenvalue weighted by molar-refractivity contribution is 6.33. The van der Waals surface area contributed by atoms with Crippen molar-refractivity contribution in [2.24, 2.45) is 0 Å². The second-order valence-corrected chi connectivity index (χ2v) is 7.67. The fourth-order valence-electron chi connectivity index (χ4n) is 4.38. The maximum atomic E-state index is 13.4. The zero-order valence-electron chi connectivity index (χ0n) is 14.6. The van der Waals surface area contributed by atoms with Gasteiger partial charge >= 0.3 is 0 Å². The summed E-state index contributed by atoms with van der Waals surface area (Å²) in [4.78, 5) is 25.8. The minimum Gasteiger partial charge on any atom is -0.379 e. The first-order chi connectivity index (χ1) is 13.0. The van der Waals surface area contributed by atoms with Gasteiger partial charge in [-0.25, -0.2) is 0 Å². The molecule has 2 aliphatic heterocycles. The van der Waals surface area contributed by atoms with Gasteiger partial charge in [0.1, 0.15) is 5.41 Å². The van der Waals surface area contributed by atoms with Gasteiger partial charge in [-0.1, -0.05) is 41.4 Å². The highest BCUT2D eigenvalue weighted by Gasteiger charge is 2.60. The van der Waals surface area contributed by atoms with Crippen molar-refractivity contribution in [1.29, 1.82) is 0 Å². The second kappa shape index (κ2) is 6.82. The van der Waals surface area contributed by atoms with Crippen LogP contribution in [0.4, 0.5) is 5.69 Å². The lowest BCUT2D eigenvalue weighted by Gasteiger charge is -2.39. The summed E-state index contributed by atoms with van der Waals surface area (Å²) in [5.41, 5.74) is 1.09. The van der Waals surface area contributed by atoms with Gasteiger partial charge in [0.2, 0.25) is 11.8 Å². The summed E-state index contributed by atoms with van der Waals surface area (Å²) in [6, 6.07) is 12.7. The number of carbonyl (C=O) groups is 2. The number of carbonyl (C=O) groups excluding carboxylic acids is 2. The number of halogens is 2. The van der Waals surface area contributed by atoms with E-state index in [2.05, 4.69) is 10.6 Å². The van der Waals surface area contributed by atoms with Gasteiger partial charge < -0.3 is 15.4 Å². The molecule has 2 aliphatic rings. The highest BCUT2D eigenvalue weighted by Crippen LogP contribution is 2.54. The van der Waals surface area contributed by atoms with Crippen LogP contribution in [0.25, 0.3) is 0 Å². The van der Waals surface area contributed by atoms with Gasteiger partial charge in [-0.05, 0) is 29.8 Å². The molecule has 140 valence electrons. The van der Waals surface area contributed by atoms with Crippen molar-refractivity contribution in [2.75, 3.05) is 19.0 Å². The Bertz CT molecular complexity index is 916. The van der Waals surface area contributed by atoms with E-state index >= 15 is 0 Å². The SMILES string of the molecule is CO[C@H]1CC(=O)NC[C@@H](c2ccc(Cl)cc2)[C@]12C(=O)Nc1cccc(Cl)c12. The van der Waals surface area contributed by atoms with Gasteiger partial charge in [0, 0.05) is 40.9 Å². The fraction of sp³-hybridized carbons (Fsp3) is 0.300. The first-order valence-electron chi connectivity index (χ1n) is 8.64. The number of fused-ring (bicyclic) bond motifs is 2. The van der Waals surface area contributed by atoms with Gasteiger partial charge in [-0.3, -0.25) is 9.59 Å². The molecule has 0 aromatic heterocycles. The van der Waals surface area contributed by atoms with Crippen LogP contribution in [-0.2, 0) is 19.7 Å². The summed E-state index contributed by atoms with van der Waals surface area (Å²) in [6.45, 7) is 0.290. The van der Waals surface area contributed by atoms with Crippen LogP contribution in [0.3, 0.4) is 0 Å². The van der Waals surface area contributed by atoms with Crippen LogP contribution in [0.2, 0.25) is 10.0 Å². The average molecular weight is 405 g/mol. The lowest BCUT2D eigenvalue weighted by molar-refractivity contribution is -0.129. The number of hydrogen-bond acceptors (Lipinski definition) is 3. The van der Waals surface area contributed by atoms with Crippen LogP contribution in [-0.4, -0.2) is 31.6 Å². The quantitative estimate of drug-likeness (QED) is 0.804. The monoisotopic (exact) mass is 404 g/mol. The van der Waals surface area contributed by atoms with E-state index < -0.39 is 11.5 Å². The minimum atomic E-state index is -1.13. The molecule has 2 aromatic rings. The third kappa shape index (κ3) is 2.73. The van der Waals surface area contributed by atoms with Crippen LogP contribution in [0.15, 0.2) is 42.5 Å². The molecule has 0 unspecified atom stereocenters. The van der Waals surface area contributed by atoms with E-state index in [0.717, 1.165) is 5.56 Å². The minimum absolute atomic E-state index is 0.0681. The van der Waals surface area contributed by atoms with E-state index in [9.17, 15) is 9.59 Å². The molecule has 2 aromatic carbocycles.